The van der Waals surface area contributed by atoms with Crippen molar-refractivity contribution in [1.29, 1.82) is 0 Å². The highest BCUT2D eigenvalue weighted by atomic mass is 16.6. The largest absolute Gasteiger partial charge is 0.459 e. The third-order valence-corrected chi connectivity index (χ3v) is 8.20. The van der Waals surface area contributed by atoms with E-state index in [4.69, 9.17) is 4.74 Å². The molecule has 24 heavy (non-hydrogen) atoms. The van der Waals surface area contributed by atoms with Gasteiger partial charge in [-0.2, -0.15) is 0 Å². The zero-order chi connectivity index (χ0) is 17.1. The third kappa shape index (κ3) is 2.23. The van der Waals surface area contributed by atoms with Crippen LogP contribution in [0.2, 0.25) is 0 Å². The van der Waals surface area contributed by atoms with Crippen LogP contribution in [0.5, 0.6) is 0 Å². The summed E-state index contributed by atoms with van der Waals surface area (Å²) in [6.45, 7) is 6.09. The predicted octanol–water partition coefficient (Wildman–Crippen LogP) is 4.45. The second kappa shape index (κ2) is 5.44. The first-order valence-electron chi connectivity index (χ1n) is 9.77. The van der Waals surface area contributed by atoms with E-state index in [9.17, 15) is 9.59 Å². The second-order valence-electron chi connectivity index (χ2n) is 9.12. The van der Waals surface area contributed by atoms with E-state index in [1.807, 2.05) is 6.08 Å². The smallest absolute Gasteiger partial charge is 0.303 e. The van der Waals surface area contributed by atoms with Gasteiger partial charge in [-0.05, 0) is 81.6 Å². The van der Waals surface area contributed by atoms with E-state index in [-0.39, 0.29) is 17.0 Å². The van der Waals surface area contributed by atoms with Crippen LogP contribution in [0.1, 0.15) is 72.1 Å². The summed E-state index contributed by atoms with van der Waals surface area (Å²) in [5.41, 5.74) is 1.26. The summed E-state index contributed by atoms with van der Waals surface area (Å²) in [7, 11) is 0. The molecule has 1 unspecified atom stereocenters. The first kappa shape index (κ1) is 16.4. The molecule has 0 aliphatic heterocycles. The molecule has 3 fully saturated rings. The van der Waals surface area contributed by atoms with Crippen molar-refractivity contribution in [2.75, 3.05) is 0 Å². The molecule has 0 heterocycles. The Balaban J connectivity index is 1.61. The van der Waals surface area contributed by atoms with Crippen molar-refractivity contribution >= 4 is 11.8 Å². The van der Waals surface area contributed by atoms with Crippen molar-refractivity contribution in [3.63, 3.8) is 0 Å². The highest BCUT2D eigenvalue weighted by molar-refractivity contribution is 5.91. The summed E-state index contributed by atoms with van der Waals surface area (Å²) in [6.07, 6.45) is 10.7. The number of rotatable bonds is 1. The number of ketones is 1. The molecule has 0 N–H and O–H groups in total. The Kier molecular flexibility index (Phi) is 3.71. The predicted molar refractivity (Wildman–Crippen MR) is 92.3 cm³/mol. The van der Waals surface area contributed by atoms with E-state index in [1.165, 1.54) is 24.8 Å². The van der Waals surface area contributed by atoms with Gasteiger partial charge in [-0.1, -0.05) is 12.5 Å². The first-order valence-corrected chi connectivity index (χ1v) is 9.77. The lowest BCUT2D eigenvalue weighted by Gasteiger charge is -2.55. The van der Waals surface area contributed by atoms with Gasteiger partial charge in [0.25, 0.3) is 0 Å². The Labute approximate surface area is 145 Å². The zero-order valence-electron chi connectivity index (χ0n) is 15.3. The molecule has 0 spiro atoms. The monoisotopic (exact) mass is 330 g/mol. The molecule has 4 aliphatic carbocycles. The molecular weight excluding hydrogens is 300 g/mol. The zero-order valence-corrected chi connectivity index (χ0v) is 15.3. The van der Waals surface area contributed by atoms with Crippen LogP contribution in [0, 0.1) is 29.1 Å². The topological polar surface area (TPSA) is 43.4 Å². The molecule has 4 aliphatic rings. The highest BCUT2D eigenvalue weighted by Gasteiger charge is 2.62. The minimum absolute atomic E-state index is 0.117. The lowest BCUT2D eigenvalue weighted by Crippen LogP contribution is -2.53. The van der Waals surface area contributed by atoms with Gasteiger partial charge in [0.05, 0.1) is 0 Å². The van der Waals surface area contributed by atoms with Crippen molar-refractivity contribution in [2.45, 2.75) is 77.7 Å². The Bertz CT molecular complexity index is 606. The Hall–Kier alpha value is -1.12. The number of carbonyl (C=O) groups excluding carboxylic acids is 2. The number of allylic oxidation sites excluding steroid dienone is 1. The number of carbonyl (C=O) groups is 2. The summed E-state index contributed by atoms with van der Waals surface area (Å²) in [4.78, 5) is 23.4. The summed E-state index contributed by atoms with van der Waals surface area (Å²) < 4.78 is 5.88. The van der Waals surface area contributed by atoms with Crippen molar-refractivity contribution in [3.05, 3.63) is 11.6 Å². The van der Waals surface area contributed by atoms with Gasteiger partial charge in [-0.15, -0.1) is 0 Å². The van der Waals surface area contributed by atoms with Gasteiger partial charge in [0.2, 0.25) is 0 Å². The van der Waals surface area contributed by atoms with Crippen LogP contribution in [-0.2, 0) is 14.3 Å². The molecule has 0 amide bonds. The summed E-state index contributed by atoms with van der Waals surface area (Å²) in [5.74, 6) is 3.00. The van der Waals surface area contributed by atoms with E-state index in [0.29, 0.717) is 17.6 Å². The van der Waals surface area contributed by atoms with Gasteiger partial charge in [0.15, 0.2) is 5.78 Å². The maximum absolute atomic E-state index is 11.8. The normalized spacial score (nSPS) is 47.3. The van der Waals surface area contributed by atoms with Gasteiger partial charge in [-0.25, -0.2) is 0 Å². The van der Waals surface area contributed by atoms with Gasteiger partial charge in [0.1, 0.15) is 5.60 Å². The Morgan fingerprint density at radius 1 is 1.08 bits per heavy atom. The van der Waals surface area contributed by atoms with Gasteiger partial charge in [-0.3, -0.25) is 9.59 Å². The molecular formula is C21H30O3. The lowest BCUT2D eigenvalue weighted by molar-refractivity contribution is -0.176. The van der Waals surface area contributed by atoms with Crippen LogP contribution < -0.4 is 0 Å². The number of ether oxygens (including phenoxy) is 1. The second-order valence-corrected chi connectivity index (χ2v) is 9.12. The number of fused-ring (bicyclic) bond motifs is 5. The van der Waals surface area contributed by atoms with Crippen LogP contribution in [0.3, 0.4) is 0 Å². The van der Waals surface area contributed by atoms with Crippen molar-refractivity contribution in [1.82, 2.24) is 0 Å². The first-order chi connectivity index (χ1) is 11.3. The summed E-state index contributed by atoms with van der Waals surface area (Å²) >= 11 is 0. The standard InChI is InChI=1S/C21H30O3/c1-13(22)24-21(3)11-9-19-18-6-4-14-12-15(23)5-7-16(14)17(18)8-10-20(19,21)2/h12,16-19H,4-11H2,1-3H3/t16-,17-,18+,19+,20-,21?/m0/s1. The molecule has 0 aromatic rings. The van der Waals surface area contributed by atoms with Crippen molar-refractivity contribution in [2.24, 2.45) is 29.1 Å². The number of hydrogen-bond donors (Lipinski definition) is 0. The molecule has 0 bridgehead atoms. The molecule has 0 radical (unpaired) electrons. The van der Waals surface area contributed by atoms with E-state index in [2.05, 4.69) is 13.8 Å². The van der Waals surface area contributed by atoms with Gasteiger partial charge in [0, 0.05) is 18.8 Å². The lowest BCUT2D eigenvalue weighted by atomic mass is 9.51. The minimum atomic E-state index is -0.298. The van der Waals surface area contributed by atoms with Crippen LogP contribution in [-0.4, -0.2) is 17.4 Å². The Morgan fingerprint density at radius 2 is 1.88 bits per heavy atom. The molecule has 4 rings (SSSR count). The Morgan fingerprint density at radius 3 is 2.62 bits per heavy atom. The number of esters is 1. The third-order valence-electron chi connectivity index (χ3n) is 8.20. The van der Waals surface area contributed by atoms with Crippen LogP contribution in [0.15, 0.2) is 11.6 Å². The summed E-state index contributed by atoms with van der Waals surface area (Å²) in [5, 5.41) is 0. The van der Waals surface area contributed by atoms with E-state index < -0.39 is 0 Å². The van der Waals surface area contributed by atoms with Crippen molar-refractivity contribution < 1.29 is 14.3 Å². The molecule has 0 aromatic carbocycles. The van der Waals surface area contributed by atoms with Crippen LogP contribution in [0.4, 0.5) is 0 Å². The fourth-order valence-electron chi connectivity index (χ4n) is 6.89. The molecule has 3 saturated carbocycles. The van der Waals surface area contributed by atoms with E-state index in [1.54, 1.807) is 6.92 Å². The highest BCUT2D eigenvalue weighted by Crippen LogP contribution is 2.65. The average molecular weight is 330 g/mol. The van der Waals surface area contributed by atoms with Crippen LogP contribution >= 0.6 is 0 Å². The fourth-order valence-corrected chi connectivity index (χ4v) is 6.89. The van der Waals surface area contributed by atoms with E-state index >= 15 is 0 Å². The maximum Gasteiger partial charge on any atom is 0.303 e. The molecule has 0 saturated heterocycles. The van der Waals surface area contributed by atoms with Gasteiger partial charge < -0.3 is 4.74 Å². The average Bonchev–Trinajstić information content (AvgIpc) is 2.77. The summed E-state index contributed by atoms with van der Waals surface area (Å²) in [6, 6.07) is 0. The molecule has 3 nitrogen and oxygen atoms in total. The quantitative estimate of drug-likeness (QED) is 0.667. The van der Waals surface area contributed by atoms with E-state index in [0.717, 1.165) is 43.9 Å². The maximum atomic E-state index is 11.8. The minimum Gasteiger partial charge on any atom is -0.459 e. The molecule has 3 heteroatoms. The fraction of sp³-hybridized carbons (Fsp3) is 0.810. The molecule has 0 aromatic heterocycles. The number of hydrogen-bond acceptors (Lipinski definition) is 3. The SMILES string of the molecule is CC(=O)OC1(C)CC[C@@H]2[C@@H]3CCC4=CC(=O)CC[C@@H]4[C@@H]3CC[C@@]21C. The molecule has 132 valence electrons. The van der Waals surface area contributed by atoms with Gasteiger partial charge >= 0.3 is 5.97 Å². The molecule has 6 atom stereocenters. The van der Waals surface area contributed by atoms with Crippen LogP contribution in [0.25, 0.3) is 0 Å². The van der Waals surface area contributed by atoms with Crippen molar-refractivity contribution in [3.8, 4) is 0 Å².